The number of nitrogens with zero attached hydrogens (tertiary/aromatic N) is 2. The zero-order valence-corrected chi connectivity index (χ0v) is 15.6. The molecule has 140 valence electrons. The third-order valence-corrected chi connectivity index (χ3v) is 4.18. The molecule has 0 bridgehead atoms. The standard InChI is InChI=1S/C16H25N5O2.C2H6/c1-11(17)14-15(20-12-6-2-4-8-22-12)18-10-19-16(14)21-13-7-3-5-9-23-13;1-2/h10,12-13,17H,2-9H2,1H3,(H2,18,19,20,21);1-2H3. The summed E-state index contributed by atoms with van der Waals surface area (Å²) >= 11 is 0. The monoisotopic (exact) mass is 349 g/mol. The summed E-state index contributed by atoms with van der Waals surface area (Å²) < 4.78 is 11.4. The molecule has 7 nitrogen and oxygen atoms in total. The minimum absolute atomic E-state index is 0.0458. The van der Waals surface area contributed by atoms with E-state index in [2.05, 4.69) is 20.6 Å². The number of ether oxygens (including phenoxy) is 2. The molecule has 0 saturated carbocycles. The molecule has 3 heterocycles. The molecule has 0 aliphatic carbocycles. The maximum atomic E-state index is 8.11. The zero-order chi connectivity index (χ0) is 18.1. The second kappa shape index (κ2) is 10.3. The molecular weight excluding hydrogens is 318 g/mol. The van der Waals surface area contributed by atoms with E-state index in [9.17, 15) is 0 Å². The van der Waals surface area contributed by atoms with Crippen molar-refractivity contribution in [2.24, 2.45) is 0 Å². The van der Waals surface area contributed by atoms with Crippen LogP contribution in [0.1, 0.15) is 64.9 Å². The lowest BCUT2D eigenvalue weighted by Gasteiger charge is -2.27. The van der Waals surface area contributed by atoms with Gasteiger partial charge in [0.25, 0.3) is 0 Å². The van der Waals surface area contributed by atoms with Gasteiger partial charge in [-0.05, 0) is 45.4 Å². The van der Waals surface area contributed by atoms with Crippen molar-refractivity contribution in [2.45, 2.75) is 71.8 Å². The van der Waals surface area contributed by atoms with Crippen molar-refractivity contribution in [2.75, 3.05) is 23.8 Å². The van der Waals surface area contributed by atoms with E-state index in [0.717, 1.165) is 51.7 Å². The van der Waals surface area contributed by atoms with Crippen LogP contribution in [0.5, 0.6) is 0 Å². The summed E-state index contributed by atoms with van der Waals surface area (Å²) in [5.41, 5.74) is 1.11. The third kappa shape index (κ3) is 5.64. The number of rotatable bonds is 5. The lowest BCUT2D eigenvalue weighted by Crippen LogP contribution is -2.30. The Balaban J connectivity index is 0.00000109. The van der Waals surface area contributed by atoms with Gasteiger partial charge in [0.1, 0.15) is 30.4 Å². The molecule has 1 aromatic rings. The first-order valence-electron chi connectivity index (χ1n) is 9.41. The van der Waals surface area contributed by atoms with Gasteiger partial charge in [0, 0.05) is 18.9 Å². The van der Waals surface area contributed by atoms with Crippen molar-refractivity contribution < 1.29 is 9.47 Å². The Kier molecular flexibility index (Phi) is 8.08. The minimum atomic E-state index is -0.0458. The van der Waals surface area contributed by atoms with Crippen molar-refractivity contribution in [1.82, 2.24) is 9.97 Å². The van der Waals surface area contributed by atoms with E-state index in [-0.39, 0.29) is 12.5 Å². The average Bonchev–Trinajstić information content (AvgIpc) is 2.65. The summed E-state index contributed by atoms with van der Waals surface area (Å²) in [5.74, 6) is 1.30. The highest BCUT2D eigenvalue weighted by molar-refractivity contribution is 6.04. The van der Waals surface area contributed by atoms with E-state index in [1.54, 1.807) is 6.92 Å². The van der Waals surface area contributed by atoms with E-state index in [1.165, 1.54) is 6.33 Å². The molecule has 2 unspecified atom stereocenters. The molecule has 2 fully saturated rings. The van der Waals surface area contributed by atoms with Gasteiger partial charge in [-0.1, -0.05) is 13.8 Å². The highest BCUT2D eigenvalue weighted by Gasteiger charge is 2.21. The Morgan fingerprint density at radius 1 is 0.960 bits per heavy atom. The van der Waals surface area contributed by atoms with Crippen LogP contribution in [-0.2, 0) is 9.47 Å². The van der Waals surface area contributed by atoms with Gasteiger partial charge in [0.15, 0.2) is 0 Å². The van der Waals surface area contributed by atoms with Crippen molar-refractivity contribution in [3.05, 3.63) is 11.9 Å². The Hall–Kier alpha value is -1.73. The molecule has 3 N–H and O–H groups in total. The minimum Gasteiger partial charge on any atom is -0.359 e. The highest BCUT2D eigenvalue weighted by Crippen LogP contribution is 2.25. The quantitative estimate of drug-likeness (QED) is 0.701. The zero-order valence-electron chi connectivity index (χ0n) is 15.6. The van der Waals surface area contributed by atoms with Crippen molar-refractivity contribution in [3.63, 3.8) is 0 Å². The van der Waals surface area contributed by atoms with Crippen LogP contribution in [0.15, 0.2) is 6.33 Å². The van der Waals surface area contributed by atoms with E-state index in [4.69, 9.17) is 14.9 Å². The van der Waals surface area contributed by atoms with Crippen LogP contribution in [0, 0.1) is 5.41 Å². The van der Waals surface area contributed by atoms with Gasteiger partial charge in [0.05, 0.1) is 5.56 Å². The molecule has 0 radical (unpaired) electrons. The Morgan fingerprint density at radius 3 is 1.80 bits per heavy atom. The second-order valence-electron chi connectivity index (χ2n) is 6.07. The maximum Gasteiger partial charge on any atom is 0.142 e. The van der Waals surface area contributed by atoms with Crippen LogP contribution < -0.4 is 10.6 Å². The molecule has 2 aliphatic rings. The molecule has 25 heavy (non-hydrogen) atoms. The largest absolute Gasteiger partial charge is 0.359 e. The second-order valence-corrected chi connectivity index (χ2v) is 6.07. The molecule has 7 heteroatoms. The third-order valence-electron chi connectivity index (χ3n) is 4.18. The van der Waals surface area contributed by atoms with Crippen molar-refractivity contribution >= 4 is 17.3 Å². The van der Waals surface area contributed by atoms with E-state index in [0.29, 0.717) is 22.9 Å². The maximum absolute atomic E-state index is 8.11. The lowest BCUT2D eigenvalue weighted by atomic mass is 10.1. The van der Waals surface area contributed by atoms with Gasteiger partial charge in [-0.25, -0.2) is 9.97 Å². The molecule has 2 atom stereocenters. The van der Waals surface area contributed by atoms with E-state index in [1.807, 2.05) is 13.8 Å². The fourth-order valence-corrected chi connectivity index (χ4v) is 2.97. The van der Waals surface area contributed by atoms with Crippen LogP contribution in [0.25, 0.3) is 0 Å². The van der Waals surface area contributed by atoms with Crippen LogP contribution >= 0.6 is 0 Å². The summed E-state index contributed by atoms with van der Waals surface area (Å²) in [4.78, 5) is 8.65. The number of hydrogen-bond donors (Lipinski definition) is 3. The average molecular weight is 349 g/mol. The number of hydrogen-bond acceptors (Lipinski definition) is 7. The van der Waals surface area contributed by atoms with Gasteiger partial charge in [-0.15, -0.1) is 0 Å². The summed E-state index contributed by atoms with van der Waals surface area (Å²) in [5, 5.41) is 14.7. The number of anilines is 2. The Morgan fingerprint density at radius 2 is 1.44 bits per heavy atom. The van der Waals surface area contributed by atoms with Gasteiger partial charge in [0.2, 0.25) is 0 Å². The summed E-state index contributed by atoms with van der Waals surface area (Å²) in [7, 11) is 0. The first-order chi connectivity index (χ1) is 12.2. The van der Waals surface area contributed by atoms with Crippen molar-refractivity contribution in [1.29, 1.82) is 5.41 Å². The molecular formula is C18H31N5O2. The van der Waals surface area contributed by atoms with Crippen LogP contribution in [0.2, 0.25) is 0 Å². The van der Waals surface area contributed by atoms with Gasteiger partial charge >= 0.3 is 0 Å². The lowest BCUT2D eigenvalue weighted by molar-refractivity contribution is 0.0337. The fourth-order valence-electron chi connectivity index (χ4n) is 2.97. The molecule has 0 amide bonds. The van der Waals surface area contributed by atoms with Crippen molar-refractivity contribution in [3.8, 4) is 0 Å². The molecule has 0 spiro atoms. The molecule has 0 aromatic carbocycles. The van der Waals surface area contributed by atoms with Gasteiger partial charge < -0.3 is 25.5 Å². The van der Waals surface area contributed by atoms with Crippen LogP contribution in [0.3, 0.4) is 0 Å². The van der Waals surface area contributed by atoms with E-state index >= 15 is 0 Å². The van der Waals surface area contributed by atoms with E-state index < -0.39 is 0 Å². The van der Waals surface area contributed by atoms with Crippen LogP contribution in [-0.4, -0.2) is 41.3 Å². The first kappa shape index (κ1) is 19.6. The summed E-state index contributed by atoms with van der Waals surface area (Å²) in [6.45, 7) is 7.28. The van der Waals surface area contributed by atoms with Crippen LogP contribution in [0.4, 0.5) is 11.6 Å². The summed E-state index contributed by atoms with van der Waals surface area (Å²) in [6, 6.07) is 0. The van der Waals surface area contributed by atoms with Gasteiger partial charge in [-0.2, -0.15) is 0 Å². The molecule has 2 saturated heterocycles. The predicted octanol–water partition coefficient (Wildman–Crippen LogP) is 3.77. The SMILES string of the molecule is CC.CC(=N)c1c(NC2CCCCO2)ncnc1NC1CCCCO1. The summed E-state index contributed by atoms with van der Waals surface area (Å²) in [6.07, 6.45) is 7.82. The smallest absolute Gasteiger partial charge is 0.142 e. The Labute approximate surface area is 150 Å². The molecule has 1 aromatic heterocycles. The number of nitrogens with one attached hydrogen (secondary N) is 3. The first-order valence-corrected chi connectivity index (χ1v) is 9.41. The normalized spacial score (nSPS) is 23.2. The number of aromatic nitrogens is 2. The fraction of sp³-hybridized carbons (Fsp3) is 0.722. The molecule has 3 rings (SSSR count). The van der Waals surface area contributed by atoms with Gasteiger partial charge in [-0.3, -0.25) is 0 Å². The topological polar surface area (TPSA) is 92.2 Å². The predicted molar refractivity (Wildman–Crippen MR) is 100 cm³/mol. The Bertz CT molecular complexity index is 502. The molecule has 2 aliphatic heterocycles. The highest BCUT2D eigenvalue weighted by atomic mass is 16.5.